The van der Waals surface area contributed by atoms with Crippen LogP contribution in [0.3, 0.4) is 0 Å². The topological polar surface area (TPSA) is 84.2 Å². The molecule has 2 amide bonds. The average molecular weight is 325 g/mol. The number of aryl methyl sites for hydroxylation is 3. The van der Waals surface area contributed by atoms with Crippen LogP contribution >= 0.6 is 0 Å². The highest BCUT2D eigenvalue weighted by atomic mass is 16.2. The van der Waals surface area contributed by atoms with Crippen LogP contribution < -0.4 is 16.4 Å². The van der Waals surface area contributed by atoms with Crippen molar-refractivity contribution in [2.45, 2.75) is 27.3 Å². The van der Waals surface area contributed by atoms with Gasteiger partial charge in [0.05, 0.1) is 6.54 Å². The summed E-state index contributed by atoms with van der Waals surface area (Å²) in [6, 6.07) is 11.0. The van der Waals surface area contributed by atoms with E-state index in [0.29, 0.717) is 12.1 Å². The Kier molecular flexibility index (Phi) is 5.71. The number of carbonyl (C=O) groups excluding carboxylic acids is 2. The fourth-order valence-electron chi connectivity index (χ4n) is 2.62. The standard InChI is InChI=1S/C19H23N3O2/c1-12-8-13(2)18(14(3)9-12)22-17(23)11-21-19(24)16-6-4-15(10-20)5-7-16/h4-9H,10-11,20H2,1-3H3,(H,21,24)(H,22,23). The highest BCUT2D eigenvalue weighted by Crippen LogP contribution is 2.21. The zero-order valence-electron chi connectivity index (χ0n) is 14.3. The van der Waals surface area contributed by atoms with Crippen molar-refractivity contribution >= 4 is 17.5 Å². The van der Waals surface area contributed by atoms with Crippen LogP contribution in [0.2, 0.25) is 0 Å². The van der Waals surface area contributed by atoms with Gasteiger partial charge in [-0.05, 0) is 49.6 Å². The van der Waals surface area contributed by atoms with Crippen LogP contribution in [-0.4, -0.2) is 18.4 Å². The lowest BCUT2D eigenvalue weighted by molar-refractivity contribution is -0.115. The first-order valence-corrected chi connectivity index (χ1v) is 7.85. The number of hydrogen-bond acceptors (Lipinski definition) is 3. The highest BCUT2D eigenvalue weighted by Gasteiger charge is 2.11. The molecule has 2 aromatic carbocycles. The van der Waals surface area contributed by atoms with Gasteiger partial charge in [-0.15, -0.1) is 0 Å². The van der Waals surface area contributed by atoms with E-state index >= 15 is 0 Å². The molecule has 0 radical (unpaired) electrons. The van der Waals surface area contributed by atoms with Gasteiger partial charge in [0.25, 0.3) is 5.91 Å². The number of rotatable bonds is 5. The summed E-state index contributed by atoms with van der Waals surface area (Å²) >= 11 is 0. The van der Waals surface area contributed by atoms with Crippen LogP contribution in [0.5, 0.6) is 0 Å². The summed E-state index contributed by atoms with van der Waals surface area (Å²) in [6.45, 7) is 6.27. The van der Waals surface area contributed by atoms with Crippen molar-refractivity contribution in [3.63, 3.8) is 0 Å². The zero-order valence-corrected chi connectivity index (χ0v) is 14.3. The molecule has 2 rings (SSSR count). The van der Waals surface area contributed by atoms with Gasteiger partial charge in [-0.3, -0.25) is 9.59 Å². The molecule has 0 atom stereocenters. The Labute approximate surface area is 142 Å². The summed E-state index contributed by atoms with van der Waals surface area (Å²) < 4.78 is 0. The number of amides is 2. The van der Waals surface area contributed by atoms with E-state index in [1.54, 1.807) is 24.3 Å². The second kappa shape index (κ2) is 7.75. The van der Waals surface area contributed by atoms with E-state index in [1.165, 1.54) is 0 Å². The highest BCUT2D eigenvalue weighted by molar-refractivity contribution is 5.99. The molecule has 0 aliphatic rings. The Balaban J connectivity index is 1.94. The zero-order chi connectivity index (χ0) is 17.7. The Morgan fingerprint density at radius 1 is 1.00 bits per heavy atom. The maximum Gasteiger partial charge on any atom is 0.251 e. The van der Waals surface area contributed by atoms with E-state index in [-0.39, 0.29) is 18.4 Å². The van der Waals surface area contributed by atoms with Gasteiger partial charge in [0.15, 0.2) is 0 Å². The molecule has 4 N–H and O–H groups in total. The number of carbonyl (C=O) groups is 2. The van der Waals surface area contributed by atoms with E-state index in [4.69, 9.17) is 5.73 Å². The molecule has 0 fully saturated rings. The Hall–Kier alpha value is -2.66. The van der Waals surface area contributed by atoms with Gasteiger partial charge in [0.1, 0.15) is 0 Å². The minimum Gasteiger partial charge on any atom is -0.343 e. The molecule has 0 heterocycles. The molecule has 126 valence electrons. The Bertz CT molecular complexity index is 729. The third-order valence-electron chi connectivity index (χ3n) is 3.80. The summed E-state index contributed by atoms with van der Waals surface area (Å²) in [5, 5.41) is 5.49. The van der Waals surface area contributed by atoms with E-state index in [0.717, 1.165) is 27.9 Å². The third kappa shape index (κ3) is 4.43. The summed E-state index contributed by atoms with van der Waals surface area (Å²) in [4.78, 5) is 24.2. The second-order valence-corrected chi connectivity index (χ2v) is 5.91. The first-order chi connectivity index (χ1) is 11.4. The van der Waals surface area contributed by atoms with Gasteiger partial charge in [0, 0.05) is 17.8 Å². The lowest BCUT2D eigenvalue weighted by atomic mass is 10.1. The molecule has 5 heteroatoms. The number of nitrogens with two attached hydrogens (primary N) is 1. The van der Waals surface area contributed by atoms with Gasteiger partial charge >= 0.3 is 0 Å². The normalized spacial score (nSPS) is 10.3. The first-order valence-electron chi connectivity index (χ1n) is 7.85. The molecule has 2 aromatic rings. The SMILES string of the molecule is Cc1cc(C)c(NC(=O)CNC(=O)c2ccc(CN)cc2)c(C)c1. The molecule has 0 aliphatic carbocycles. The predicted molar refractivity (Wildman–Crippen MR) is 95.9 cm³/mol. The maximum absolute atomic E-state index is 12.1. The van der Waals surface area contributed by atoms with Crippen molar-refractivity contribution in [1.82, 2.24) is 5.32 Å². The fourth-order valence-corrected chi connectivity index (χ4v) is 2.62. The van der Waals surface area contributed by atoms with Crippen LogP contribution in [0.4, 0.5) is 5.69 Å². The van der Waals surface area contributed by atoms with Crippen LogP contribution in [0.15, 0.2) is 36.4 Å². The fraction of sp³-hybridized carbons (Fsp3) is 0.263. The molecule has 0 aromatic heterocycles. The van der Waals surface area contributed by atoms with Crippen LogP contribution in [0, 0.1) is 20.8 Å². The first kappa shape index (κ1) is 17.7. The van der Waals surface area contributed by atoms with Crippen molar-refractivity contribution in [3.8, 4) is 0 Å². The number of benzene rings is 2. The van der Waals surface area contributed by atoms with E-state index in [1.807, 2.05) is 32.9 Å². The van der Waals surface area contributed by atoms with Crippen molar-refractivity contribution < 1.29 is 9.59 Å². The molecule has 0 aliphatic heterocycles. The van der Waals surface area contributed by atoms with Crippen molar-refractivity contribution in [2.24, 2.45) is 5.73 Å². The monoisotopic (exact) mass is 325 g/mol. The summed E-state index contributed by atoms with van der Waals surface area (Å²) in [6.07, 6.45) is 0. The van der Waals surface area contributed by atoms with Gasteiger partial charge < -0.3 is 16.4 Å². The van der Waals surface area contributed by atoms with Crippen molar-refractivity contribution in [2.75, 3.05) is 11.9 Å². The number of hydrogen-bond donors (Lipinski definition) is 3. The van der Waals surface area contributed by atoms with Gasteiger partial charge in [-0.2, -0.15) is 0 Å². The van der Waals surface area contributed by atoms with Crippen molar-refractivity contribution in [3.05, 3.63) is 64.2 Å². The molecule has 0 spiro atoms. The summed E-state index contributed by atoms with van der Waals surface area (Å²) in [5.74, 6) is -0.539. The van der Waals surface area contributed by atoms with Crippen LogP contribution in [0.1, 0.15) is 32.6 Å². The van der Waals surface area contributed by atoms with Crippen molar-refractivity contribution in [1.29, 1.82) is 0 Å². The average Bonchev–Trinajstić information content (AvgIpc) is 2.56. The predicted octanol–water partition coefficient (Wildman–Crippen LogP) is 2.44. The van der Waals surface area contributed by atoms with E-state index < -0.39 is 0 Å². The second-order valence-electron chi connectivity index (χ2n) is 5.91. The lowest BCUT2D eigenvalue weighted by Gasteiger charge is -2.13. The van der Waals surface area contributed by atoms with Crippen LogP contribution in [0.25, 0.3) is 0 Å². The molecular formula is C19H23N3O2. The largest absolute Gasteiger partial charge is 0.343 e. The minimum absolute atomic E-state index is 0.0791. The minimum atomic E-state index is -0.286. The Morgan fingerprint density at radius 2 is 1.58 bits per heavy atom. The summed E-state index contributed by atoms with van der Waals surface area (Å²) in [7, 11) is 0. The third-order valence-corrected chi connectivity index (χ3v) is 3.80. The van der Waals surface area contributed by atoms with E-state index in [9.17, 15) is 9.59 Å². The maximum atomic E-state index is 12.1. The number of anilines is 1. The summed E-state index contributed by atoms with van der Waals surface area (Å²) in [5.41, 5.74) is 10.9. The molecular weight excluding hydrogens is 302 g/mol. The number of nitrogens with one attached hydrogen (secondary N) is 2. The van der Waals surface area contributed by atoms with Gasteiger partial charge in [-0.25, -0.2) is 0 Å². The van der Waals surface area contributed by atoms with E-state index in [2.05, 4.69) is 10.6 Å². The quantitative estimate of drug-likeness (QED) is 0.789. The molecule has 0 saturated heterocycles. The molecule has 0 bridgehead atoms. The molecule has 0 unspecified atom stereocenters. The smallest absolute Gasteiger partial charge is 0.251 e. The molecule has 0 saturated carbocycles. The lowest BCUT2D eigenvalue weighted by Crippen LogP contribution is -2.33. The van der Waals surface area contributed by atoms with Gasteiger partial charge in [0.2, 0.25) is 5.91 Å². The van der Waals surface area contributed by atoms with Gasteiger partial charge in [-0.1, -0.05) is 29.8 Å². The molecule has 24 heavy (non-hydrogen) atoms. The molecule has 5 nitrogen and oxygen atoms in total. The van der Waals surface area contributed by atoms with Crippen LogP contribution in [-0.2, 0) is 11.3 Å². The Morgan fingerprint density at radius 3 is 2.12 bits per heavy atom.